The first-order valence-electron chi connectivity index (χ1n) is 6.83. The zero-order valence-electron chi connectivity index (χ0n) is 12.6. The number of hydrogen-bond donors (Lipinski definition) is 1. The van der Waals surface area contributed by atoms with Gasteiger partial charge < -0.3 is 14.8 Å². The number of ether oxygens (including phenoxy) is 2. The smallest absolute Gasteiger partial charge is 0.138 e. The molecule has 0 fully saturated rings. The monoisotopic (exact) mass is 305 g/mol. The van der Waals surface area contributed by atoms with Crippen molar-refractivity contribution in [2.75, 3.05) is 14.2 Å². The second-order valence-corrected chi connectivity index (χ2v) is 5.31. The number of aryl methyl sites for hydroxylation is 1. The first-order valence-corrected chi connectivity index (χ1v) is 7.21. The van der Waals surface area contributed by atoms with E-state index in [0.29, 0.717) is 17.4 Å². The van der Waals surface area contributed by atoms with Crippen molar-refractivity contribution >= 4 is 11.6 Å². The van der Waals surface area contributed by atoms with Gasteiger partial charge in [0.25, 0.3) is 0 Å². The molecule has 0 aliphatic heterocycles. The molecule has 3 nitrogen and oxygen atoms in total. The maximum atomic E-state index is 6.18. The van der Waals surface area contributed by atoms with E-state index in [-0.39, 0.29) is 0 Å². The van der Waals surface area contributed by atoms with E-state index in [1.54, 1.807) is 7.11 Å². The Bertz CT molecular complexity index is 614. The van der Waals surface area contributed by atoms with Crippen molar-refractivity contribution in [2.24, 2.45) is 0 Å². The lowest BCUT2D eigenvalue weighted by atomic mass is 10.1. The van der Waals surface area contributed by atoms with Crippen molar-refractivity contribution in [1.82, 2.24) is 5.32 Å². The third-order valence-electron chi connectivity index (χ3n) is 3.20. The van der Waals surface area contributed by atoms with E-state index in [4.69, 9.17) is 21.1 Å². The molecular formula is C17H20ClNO2. The minimum Gasteiger partial charge on any atom is -0.496 e. The molecule has 0 spiro atoms. The fourth-order valence-electron chi connectivity index (χ4n) is 2.14. The van der Waals surface area contributed by atoms with Crippen LogP contribution in [0.3, 0.4) is 0 Å². The number of methoxy groups -OCH3 is 1. The number of nitrogens with one attached hydrogen (secondary N) is 1. The molecule has 1 N–H and O–H groups in total. The Labute approximate surface area is 130 Å². The molecule has 2 aromatic carbocycles. The summed E-state index contributed by atoms with van der Waals surface area (Å²) in [5.74, 6) is 1.50. The van der Waals surface area contributed by atoms with Crippen LogP contribution in [-0.4, -0.2) is 14.2 Å². The van der Waals surface area contributed by atoms with Crippen LogP contribution in [0.1, 0.15) is 16.7 Å². The van der Waals surface area contributed by atoms with Gasteiger partial charge in [0.05, 0.1) is 12.1 Å². The Balaban J connectivity index is 2.16. The molecule has 0 amide bonds. The van der Waals surface area contributed by atoms with Crippen LogP contribution >= 0.6 is 11.6 Å². The third-order valence-corrected chi connectivity index (χ3v) is 3.49. The largest absolute Gasteiger partial charge is 0.496 e. The molecule has 0 atom stereocenters. The van der Waals surface area contributed by atoms with Crippen molar-refractivity contribution in [3.8, 4) is 11.5 Å². The van der Waals surface area contributed by atoms with E-state index in [1.165, 1.54) is 5.56 Å². The van der Waals surface area contributed by atoms with Crippen LogP contribution in [0, 0.1) is 6.92 Å². The summed E-state index contributed by atoms with van der Waals surface area (Å²) in [7, 11) is 3.59. The lowest BCUT2D eigenvalue weighted by Crippen LogP contribution is -2.06. The summed E-state index contributed by atoms with van der Waals surface area (Å²) >= 11 is 6.18. The Morgan fingerprint density at radius 3 is 2.52 bits per heavy atom. The van der Waals surface area contributed by atoms with E-state index >= 15 is 0 Å². The molecule has 0 unspecified atom stereocenters. The Hall–Kier alpha value is -1.71. The summed E-state index contributed by atoms with van der Waals surface area (Å²) in [6.07, 6.45) is 0. The second-order valence-electron chi connectivity index (χ2n) is 4.90. The molecule has 2 rings (SSSR count). The molecule has 112 valence electrons. The van der Waals surface area contributed by atoms with Gasteiger partial charge in [-0.05, 0) is 49.4 Å². The fourth-order valence-corrected chi connectivity index (χ4v) is 2.43. The zero-order chi connectivity index (χ0) is 15.2. The van der Waals surface area contributed by atoms with E-state index in [0.717, 1.165) is 23.4 Å². The summed E-state index contributed by atoms with van der Waals surface area (Å²) in [4.78, 5) is 0. The highest BCUT2D eigenvalue weighted by atomic mass is 35.5. The van der Waals surface area contributed by atoms with Crippen LogP contribution in [0.5, 0.6) is 11.5 Å². The van der Waals surface area contributed by atoms with E-state index in [2.05, 4.69) is 11.4 Å². The quantitative estimate of drug-likeness (QED) is 0.876. The van der Waals surface area contributed by atoms with Crippen LogP contribution < -0.4 is 14.8 Å². The first-order chi connectivity index (χ1) is 10.1. The third kappa shape index (κ3) is 4.13. The molecule has 0 radical (unpaired) electrons. The van der Waals surface area contributed by atoms with Gasteiger partial charge >= 0.3 is 0 Å². The van der Waals surface area contributed by atoms with Crippen LogP contribution in [0.2, 0.25) is 5.02 Å². The second kappa shape index (κ2) is 7.34. The molecule has 0 aliphatic rings. The van der Waals surface area contributed by atoms with Gasteiger partial charge in [-0.25, -0.2) is 0 Å². The van der Waals surface area contributed by atoms with Gasteiger partial charge in [-0.2, -0.15) is 0 Å². The molecule has 4 heteroatoms. The molecular weight excluding hydrogens is 286 g/mol. The van der Waals surface area contributed by atoms with Crippen molar-refractivity contribution < 1.29 is 9.47 Å². The number of rotatable bonds is 6. The predicted molar refractivity (Wildman–Crippen MR) is 86.3 cm³/mol. The van der Waals surface area contributed by atoms with Crippen LogP contribution in [0.4, 0.5) is 0 Å². The first kappa shape index (κ1) is 15.7. The van der Waals surface area contributed by atoms with Gasteiger partial charge in [0.1, 0.15) is 18.1 Å². The summed E-state index contributed by atoms with van der Waals surface area (Å²) < 4.78 is 11.2. The Kier molecular flexibility index (Phi) is 5.48. The topological polar surface area (TPSA) is 30.5 Å². The maximum Gasteiger partial charge on any atom is 0.138 e. The van der Waals surface area contributed by atoms with Gasteiger partial charge in [0, 0.05) is 12.1 Å². The average molecular weight is 306 g/mol. The summed E-state index contributed by atoms with van der Waals surface area (Å²) in [5.41, 5.74) is 3.30. The van der Waals surface area contributed by atoms with Crippen LogP contribution in [-0.2, 0) is 13.2 Å². The maximum absolute atomic E-state index is 6.18. The molecule has 0 saturated heterocycles. The normalized spacial score (nSPS) is 10.5. The molecule has 21 heavy (non-hydrogen) atoms. The summed E-state index contributed by atoms with van der Waals surface area (Å²) in [6, 6.07) is 11.8. The van der Waals surface area contributed by atoms with Crippen molar-refractivity contribution in [2.45, 2.75) is 20.1 Å². The summed E-state index contributed by atoms with van der Waals surface area (Å²) in [6.45, 7) is 3.23. The Morgan fingerprint density at radius 1 is 1.10 bits per heavy atom. The van der Waals surface area contributed by atoms with Gasteiger partial charge in [0.2, 0.25) is 0 Å². The van der Waals surface area contributed by atoms with Gasteiger partial charge in [-0.15, -0.1) is 0 Å². The fraction of sp³-hybridized carbons (Fsp3) is 0.294. The minimum atomic E-state index is 0.420. The molecule has 0 heterocycles. The number of halogens is 1. The number of benzene rings is 2. The van der Waals surface area contributed by atoms with Gasteiger partial charge in [-0.3, -0.25) is 0 Å². The zero-order valence-corrected chi connectivity index (χ0v) is 13.3. The van der Waals surface area contributed by atoms with Crippen LogP contribution in [0.15, 0.2) is 36.4 Å². The van der Waals surface area contributed by atoms with Crippen molar-refractivity contribution in [3.63, 3.8) is 0 Å². The van der Waals surface area contributed by atoms with E-state index in [9.17, 15) is 0 Å². The van der Waals surface area contributed by atoms with Gasteiger partial charge in [0.15, 0.2) is 0 Å². The molecule has 2 aromatic rings. The summed E-state index contributed by atoms with van der Waals surface area (Å²) in [5, 5.41) is 3.76. The molecule has 0 bridgehead atoms. The molecule has 0 aromatic heterocycles. The molecule has 0 saturated carbocycles. The minimum absolute atomic E-state index is 0.420. The predicted octanol–water partition coefficient (Wildman–Crippen LogP) is 3.96. The highest BCUT2D eigenvalue weighted by molar-refractivity contribution is 6.32. The lowest BCUT2D eigenvalue weighted by Gasteiger charge is -2.13. The van der Waals surface area contributed by atoms with Gasteiger partial charge in [-0.1, -0.05) is 23.7 Å². The highest BCUT2D eigenvalue weighted by Crippen LogP contribution is 2.28. The highest BCUT2D eigenvalue weighted by Gasteiger charge is 2.07. The lowest BCUT2D eigenvalue weighted by molar-refractivity contribution is 0.296. The van der Waals surface area contributed by atoms with Crippen molar-refractivity contribution in [3.05, 3.63) is 58.1 Å². The SMILES string of the molecule is CNCc1ccc(OC)c(COc2ccc(C)cc2Cl)c1. The van der Waals surface area contributed by atoms with E-state index < -0.39 is 0 Å². The average Bonchev–Trinajstić information content (AvgIpc) is 2.47. The Morgan fingerprint density at radius 2 is 1.86 bits per heavy atom. The molecule has 0 aliphatic carbocycles. The van der Waals surface area contributed by atoms with Crippen LogP contribution in [0.25, 0.3) is 0 Å². The standard InChI is InChI=1S/C17H20ClNO2/c1-12-4-6-17(15(18)8-12)21-11-14-9-13(10-19-2)5-7-16(14)20-3/h4-9,19H,10-11H2,1-3H3. The van der Waals surface area contributed by atoms with E-state index in [1.807, 2.05) is 44.3 Å². The number of hydrogen-bond acceptors (Lipinski definition) is 3. The van der Waals surface area contributed by atoms with Crippen molar-refractivity contribution in [1.29, 1.82) is 0 Å².